The summed E-state index contributed by atoms with van der Waals surface area (Å²) in [6.07, 6.45) is 12.2. The molecule has 0 aromatic rings. The van der Waals surface area contributed by atoms with Crippen molar-refractivity contribution >= 4 is 24.1 Å². The Kier molecular flexibility index (Phi) is 13.0. The van der Waals surface area contributed by atoms with Crippen LogP contribution in [0.25, 0.3) is 0 Å². The Balaban J connectivity index is 4.02. The van der Waals surface area contributed by atoms with Gasteiger partial charge in [0.2, 0.25) is 0 Å². The third kappa shape index (κ3) is 13.0. The molecule has 0 rings (SSSR count). The molecule has 0 spiro atoms. The van der Waals surface area contributed by atoms with Gasteiger partial charge in [0.05, 0.1) is 6.34 Å². The molecule has 0 aromatic heterocycles. The van der Waals surface area contributed by atoms with Gasteiger partial charge in [0.15, 0.2) is 6.04 Å². The van der Waals surface area contributed by atoms with E-state index in [2.05, 4.69) is 50.9 Å². The number of carboxylic acids is 1. The van der Waals surface area contributed by atoms with Crippen molar-refractivity contribution in [3.8, 4) is 0 Å². The van der Waals surface area contributed by atoms with E-state index < -0.39 is 12.0 Å². The highest BCUT2D eigenvalue weighted by atomic mass is 32.2. The normalized spacial score (nSPS) is 14.0. The zero-order chi connectivity index (χ0) is 18.4. The first-order valence-electron chi connectivity index (χ1n) is 8.35. The molecule has 4 nitrogen and oxygen atoms in total. The van der Waals surface area contributed by atoms with Crippen molar-refractivity contribution in [3.05, 3.63) is 34.9 Å². The smallest absolute Gasteiger partial charge is 0.329 e. The van der Waals surface area contributed by atoms with Gasteiger partial charge >= 0.3 is 5.97 Å². The second-order valence-electron chi connectivity index (χ2n) is 6.15. The Morgan fingerprint density at radius 2 is 1.67 bits per heavy atom. The maximum absolute atomic E-state index is 10.9. The number of nitrogens with two attached hydrogens (primary N) is 1. The SMILES string of the molecule is CC(C)=CCC/C(C)=C/CC/C(C)=C/CSCC(N=CN)C(=O)O. The van der Waals surface area contributed by atoms with E-state index in [0.717, 1.165) is 37.8 Å². The first kappa shape index (κ1) is 22.5. The van der Waals surface area contributed by atoms with E-state index in [0.29, 0.717) is 5.75 Å². The topological polar surface area (TPSA) is 75.7 Å². The van der Waals surface area contributed by atoms with Gasteiger partial charge in [-0.3, -0.25) is 4.99 Å². The van der Waals surface area contributed by atoms with E-state index in [1.165, 1.54) is 16.7 Å². The molecule has 0 aliphatic rings. The minimum absolute atomic E-state index is 0.441. The highest BCUT2D eigenvalue weighted by molar-refractivity contribution is 7.99. The third-order valence-corrected chi connectivity index (χ3v) is 4.45. The van der Waals surface area contributed by atoms with Crippen molar-refractivity contribution < 1.29 is 9.90 Å². The lowest BCUT2D eigenvalue weighted by Gasteiger charge is -2.05. The Bertz CT molecular complexity index is 490. The molecule has 0 aliphatic heterocycles. The van der Waals surface area contributed by atoms with Crippen LogP contribution in [0.15, 0.2) is 39.9 Å². The molecule has 0 fully saturated rings. The Labute approximate surface area is 151 Å². The van der Waals surface area contributed by atoms with Crippen LogP contribution in [0, 0.1) is 0 Å². The van der Waals surface area contributed by atoms with Crippen LogP contribution in [0.1, 0.15) is 53.4 Å². The number of aliphatic carboxylic acids is 1. The Morgan fingerprint density at radius 3 is 2.21 bits per heavy atom. The fourth-order valence-electron chi connectivity index (χ4n) is 2.00. The molecule has 0 saturated carbocycles. The number of carboxylic acid groups (broad SMARTS) is 1. The minimum atomic E-state index is -0.932. The predicted octanol–water partition coefficient (Wildman–Crippen LogP) is 4.58. The van der Waals surface area contributed by atoms with Crippen molar-refractivity contribution in [2.75, 3.05) is 11.5 Å². The molecule has 0 heterocycles. The monoisotopic (exact) mass is 352 g/mol. The largest absolute Gasteiger partial charge is 0.480 e. The second-order valence-corrected chi connectivity index (χ2v) is 7.22. The predicted molar refractivity (Wildman–Crippen MR) is 107 cm³/mol. The first-order chi connectivity index (χ1) is 11.4. The van der Waals surface area contributed by atoms with Gasteiger partial charge in [-0.25, -0.2) is 4.79 Å². The quantitative estimate of drug-likeness (QED) is 0.233. The number of rotatable bonds is 12. The summed E-state index contributed by atoms with van der Waals surface area (Å²) in [4.78, 5) is 14.7. The van der Waals surface area contributed by atoms with Gasteiger partial charge < -0.3 is 10.8 Å². The minimum Gasteiger partial charge on any atom is -0.480 e. The van der Waals surface area contributed by atoms with E-state index in [9.17, 15) is 4.79 Å². The zero-order valence-corrected chi connectivity index (χ0v) is 16.2. The molecule has 1 unspecified atom stereocenters. The summed E-state index contributed by atoms with van der Waals surface area (Å²) in [6.45, 7) is 8.58. The lowest BCUT2D eigenvalue weighted by Crippen LogP contribution is -2.21. The fourth-order valence-corrected chi connectivity index (χ4v) is 2.99. The summed E-state index contributed by atoms with van der Waals surface area (Å²) < 4.78 is 0. The number of carbonyl (C=O) groups is 1. The van der Waals surface area contributed by atoms with E-state index in [-0.39, 0.29) is 0 Å². The van der Waals surface area contributed by atoms with E-state index >= 15 is 0 Å². The molecule has 0 aromatic carbocycles. The summed E-state index contributed by atoms with van der Waals surface area (Å²) in [5.41, 5.74) is 9.32. The van der Waals surface area contributed by atoms with Crippen LogP contribution in [0.2, 0.25) is 0 Å². The summed E-state index contributed by atoms with van der Waals surface area (Å²) in [6, 6.07) is -0.750. The lowest BCUT2D eigenvalue weighted by atomic mass is 10.1. The third-order valence-electron chi connectivity index (χ3n) is 3.50. The summed E-state index contributed by atoms with van der Waals surface area (Å²) >= 11 is 1.56. The number of allylic oxidation sites excluding steroid dienone is 5. The Hall–Kier alpha value is -1.49. The molecule has 0 radical (unpaired) electrons. The zero-order valence-electron chi connectivity index (χ0n) is 15.4. The van der Waals surface area contributed by atoms with Gasteiger partial charge in [-0.1, -0.05) is 34.9 Å². The highest BCUT2D eigenvalue weighted by Crippen LogP contribution is 2.13. The average Bonchev–Trinajstić information content (AvgIpc) is 2.49. The van der Waals surface area contributed by atoms with Gasteiger partial charge in [-0.15, -0.1) is 0 Å². The molecule has 5 heteroatoms. The lowest BCUT2D eigenvalue weighted by molar-refractivity contribution is -0.137. The fraction of sp³-hybridized carbons (Fsp3) is 0.579. The molecule has 0 bridgehead atoms. The van der Waals surface area contributed by atoms with Gasteiger partial charge in [0.25, 0.3) is 0 Å². The Morgan fingerprint density at radius 1 is 1.08 bits per heavy atom. The maximum atomic E-state index is 10.9. The van der Waals surface area contributed by atoms with E-state index in [1.54, 1.807) is 11.8 Å². The van der Waals surface area contributed by atoms with Crippen LogP contribution in [0.5, 0.6) is 0 Å². The summed E-state index contributed by atoms with van der Waals surface area (Å²) in [5, 5.41) is 8.96. The molecule has 136 valence electrons. The van der Waals surface area contributed by atoms with Crippen LogP contribution >= 0.6 is 11.8 Å². The van der Waals surface area contributed by atoms with E-state index in [4.69, 9.17) is 10.8 Å². The molecule has 0 saturated heterocycles. The first-order valence-corrected chi connectivity index (χ1v) is 9.50. The summed E-state index contributed by atoms with van der Waals surface area (Å²) in [5.74, 6) is 0.313. The van der Waals surface area contributed by atoms with E-state index in [1.807, 2.05) is 0 Å². The van der Waals surface area contributed by atoms with Crippen molar-refractivity contribution in [3.63, 3.8) is 0 Å². The second kappa shape index (κ2) is 13.9. The van der Waals surface area contributed by atoms with Crippen LogP contribution in [-0.2, 0) is 4.79 Å². The molecule has 0 amide bonds. The molecular weight excluding hydrogens is 320 g/mol. The number of nitrogens with zero attached hydrogens (tertiary/aromatic N) is 1. The molecule has 0 aliphatic carbocycles. The summed E-state index contributed by atoms with van der Waals surface area (Å²) in [7, 11) is 0. The standard InChI is InChI=1S/C19H32N2O2S/c1-15(2)7-5-8-16(3)9-6-10-17(4)11-12-24-13-18(19(22)23)21-14-20/h7,9,11,14,18H,5-6,8,10,12-13H2,1-4H3,(H2,20,21)(H,22,23)/b16-9+,17-11+. The average molecular weight is 353 g/mol. The van der Waals surface area contributed by atoms with Crippen LogP contribution in [0.4, 0.5) is 0 Å². The molecule has 1 atom stereocenters. The number of hydrogen-bond donors (Lipinski definition) is 2. The highest BCUT2D eigenvalue weighted by Gasteiger charge is 2.14. The molecule has 3 N–H and O–H groups in total. The van der Waals surface area contributed by atoms with Crippen molar-refractivity contribution in [2.24, 2.45) is 10.7 Å². The van der Waals surface area contributed by atoms with Gasteiger partial charge in [-0.2, -0.15) is 11.8 Å². The van der Waals surface area contributed by atoms with Gasteiger partial charge in [-0.05, 0) is 53.4 Å². The van der Waals surface area contributed by atoms with Crippen LogP contribution in [0.3, 0.4) is 0 Å². The van der Waals surface area contributed by atoms with Crippen molar-refractivity contribution in [2.45, 2.75) is 59.4 Å². The van der Waals surface area contributed by atoms with Gasteiger partial charge in [0.1, 0.15) is 0 Å². The van der Waals surface area contributed by atoms with Crippen LogP contribution in [-0.4, -0.2) is 35.0 Å². The maximum Gasteiger partial charge on any atom is 0.329 e. The van der Waals surface area contributed by atoms with Crippen molar-refractivity contribution in [1.82, 2.24) is 0 Å². The number of aliphatic imine (C=N–C) groups is 1. The molecule has 24 heavy (non-hydrogen) atoms. The van der Waals surface area contributed by atoms with Gasteiger partial charge in [0, 0.05) is 11.5 Å². The molecular formula is C19H32N2O2S. The number of thioether (sulfide) groups is 1. The number of hydrogen-bond acceptors (Lipinski definition) is 3. The van der Waals surface area contributed by atoms with Crippen LogP contribution < -0.4 is 5.73 Å². The van der Waals surface area contributed by atoms with Crippen molar-refractivity contribution in [1.29, 1.82) is 0 Å².